The summed E-state index contributed by atoms with van der Waals surface area (Å²) in [5, 5.41) is 4.15. The first-order valence-electron chi connectivity index (χ1n) is 7.21. The van der Waals surface area contributed by atoms with E-state index in [2.05, 4.69) is 24.0 Å². The van der Waals surface area contributed by atoms with E-state index in [1.807, 2.05) is 0 Å². The van der Waals surface area contributed by atoms with Gasteiger partial charge in [-0.05, 0) is 50.5 Å². The first-order chi connectivity index (χ1) is 8.69. The van der Waals surface area contributed by atoms with Gasteiger partial charge in [-0.1, -0.05) is 19.0 Å². The minimum absolute atomic E-state index is 0.527. The summed E-state index contributed by atoms with van der Waals surface area (Å²) >= 11 is 0. The van der Waals surface area contributed by atoms with Gasteiger partial charge in [-0.25, -0.2) is 0 Å². The van der Waals surface area contributed by atoms with E-state index in [4.69, 9.17) is 10.3 Å². The smallest absolute Gasteiger partial charge is 0.226 e. The van der Waals surface area contributed by atoms with Crippen LogP contribution in [0.15, 0.2) is 4.52 Å². The monoisotopic (exact) mass is 251 g/mol. The molecule has 1 saturated carbocycles. The highest BCUT2D eigenvalue weighted by Crippen LogP contribution is 2.36. The van der Waals surface area contributed by atoms with Gasteiger partial charge >= 0.3 is 0 Å². The molecule has 3 unspecified atom stereocenters. The fourth-order valence-electron chi connectivity index (χ4n) is 2.78. The highest BCUT2D eigenvalue weighted by Gasteiger charge is 2.26. The van der Waals surface area contributed by atoms with E-state index < -0.39 is 0 Å². The molecule has 0 spiro atoms. The fourth-order valence-corrected chi connectivity index (χ4v) is 2.78. The normalized spacial score (nSPS) is 25.5. The third-order valence-corrected chi connectivity index (χ3v) is 4.05. The van der Waals surface area contributed by atoms with Crippen LogP contribution in [0, 0.1) is 11.8 Å². The maximum absolute atomic E-state index is 5.55. The van der Waals surface area contributed by atoms with E-state index in [0.29, 0.717) is 11.8 Å². The quantitative estimate of drug-likeness (QED) is 0.844. The van der Waals surface area contributed by atoms with Crippen LogP contribution in [-0.4, -0.2) is 16.7 Å². The second-order valence-corrected chi connectivity index (χ2v) is 5.88. The molecule has 0 aliphatic heterocycles. The maximum Gasteiger partial charge on any atom is 0.226 e. The number of nitrogens with zero attached hydrogens (tertiary/aromatic N) is 2. The van der Waals surface area contributed by atoms with E-state index in [9.17, 15) is 0 Å². The van der Waals surface area contributed by atoms with Crippen LogP contribution in [0.3, 0.4) is 0 Å². The van der Waals surface area contributed by atoms with Crippen molar-refractivity contribution >= 4 is 0 Å². The molecular formula is C14H25N3O. The number of hydrogen-bond donors (Lipinski definition) is 1. The molecule has 3 atom stereocenters. The lowest BCUT2D eigenvalue weighted by Gasteiger charge is -2.06. The largest absolute Gasteiger partial charge is 0.339 e. The molecular weight excluding hydrogens is 226 g/mol. The molecule has 4 heteroatoms. The molecule has 0 amide bonds. The molecule has 1 aliphatic rings. The van der Waals surface area contributed by atoms with Crippen LogP contribution in [0.4, 0.5) is 0 Å². The van der Waals surface area contributed by atoms with Crippen molar-refractivity contribution in [3.8, 4) is 0 Å². The van der Waals surface area contributed by atoms with Gasteiger partial charge in [0.15, 0.2) is 5.82 Å². The Morgan fingerprint density at radius 1 is 1.39 bits per heavy atom. The van der Waals surface area contributed by atoms with E-state index >= 15 is 0 Å². The van der Waals surface area contributed by atoms with Crippen molar-refractivity contribution in [2.45, 2.75) is 58.3 Å². The zero-order valence-corrected chi connectivity index (χ0v) is 11.6. The van der Waals surface area contributed by atoms with Gasteiger partial charge in [0.25, 0.3) is 0 Å². The summed E-state index contributed by atoms with van der Waals surface area (Å²) in [6, 6.07) is 0. The van der Waals surface area contributed by atoms with Crippen molar-refractivity contribution in [1.82, 2.24) is 10.1 Å². The van der Waals surface area contributed by atoms with E-state index in [-0.39, 0.29) is 0 Å². The summed E-state index contributed by atoms with van der Waals surface area (Å²) in [6.07, 6.45) is 6.76. The van der Waals surface area contributed by atoms with Gasteiger partial charge in [-0.2, -0.15) is 4.98 Å². The molecule has 1 aromatic rings. The summed E-state index contributed by atoms with van der Waals surface area (Å²) in [6.45, 7) is 5.29. The number of aromatic nitrogens is 2. The van der Waals surface area contributed by atoms with Crippen molar-refractivity contribution in [3.63, 3.8) is 0 Å². The number of aryl methyl sites for hydroxylation is 1. The first-order valence-corrected chi connectivity index (χ1v) is 7.21. The Bertz CT molecular complexity index is 364. The van der Waals surface area contributed by atoms with Crippen LogP contribution in [-0.2, 0) is 6.42 Å². The molecule has 18 heavy (non-hydrogen) atoms. The van der Waals surface area contributed by atoms with Gasteiger partial charge in [0.2, 0.25) is 5.89 Å². The van der Waals surface area contributed by atoms with Crippen molar-refractivity contribution < 1.29 is 4.52 Å². The lowest BCUT2D eigenvalue weighted by molar-refractivity contribution is 0.355. The molecule has 0 aromatic carbocycles. The fraction of sp³-hybridized carbons (Fsp3) is 0.857. The summed E-state index contributed by atoms with van der Waals surface area (Å²) in [5.74, 6) is 3.70. The van der Waals surface area contributed by atoms with Crippen molar-refractivity contribution in [2.75, 3.05) is 6.54 Å². The minimum atomic E-state index is 0.527. The highest BCUT2D eigenvalue weighted by molar-refractivity contribution is 4.99. The second-order valence-electron chi connectivity index (χ2n) is 5.88. The van der Waals surface area contributed by atoms with E-state index in [0.717, 1.165) is 43.4 Å². The van der Waals surface area contributed by atoms with Crippen molar-refractivity contribution in [2.24, 2.45) is 17.6 Å². The minimum Gasteiger partial charge on any atom is -0.339 e. The van der Waals surface area contributed by atoms with Crippen LogP contribution in [0.1, 0.15) is 63.6 Å². The average Bonchev–Trinajstić information content (AvgIpc) is 2.95. The Morgan fingerprint density at radius 3 is 2.89 bits per heavy atom. The Morgan fingerprint density at radius 2 is 2.22 bits per heavy atom. The first kappa shape index (κ1) is 13.5. The van der Waals surface area contributed by atoms with Gasteiger partial charge in [0.1, 0.15) is 0 Å². The van der Waals surface area contributed by atoms with Crippen LogP contribution < -0.4 is 5.73 Å². The summed E-state index contributed by atoms with van der Waals surface area (Å²) in [4.78, 5) is 4.55. The Labute approximate surface area is 109 Å². The summed E-state index contributed by atoms with van der Waals surface area (Å²) in [7, 11) is 0. The molecule has 0 radical (unpaired) electrons. The molecule has 4 nitrogen and oxygen atoms in total. The Balaban J connectivity index is 1.82. The van der Waals surface area contributed by atoms with Gasteiger partial charge in [0.05, 0.1) is 0 Å². The van der Waals surface area contributed by atoms with Crippen LogP contribution in [0.5, 0.6) is 0 Å². The standard InChI is InChI=1S/C14H25N3O/c1-10(7-8-15)4-6-13-16-14(17-18-13)12-5-3-11(2)9-12/h10-12H,3-9,15H2,1-2H3. The number of nitrogens with two attached hydrogens (primary N) is 1. The average molecular weight is 251 g/mol. The number of hydrogen-bond acceptors (Lipinski definition) is 4. The summed E-state index contributed by atoms with van der Waals surface area (Å²) in [5.41, 5.74) is 5.55. The van der Waals surface area contributed by atoms with Gasteiger partial charge in [-0.15, -0.1) is 0 Å². The van der Waals surface area contributed by atoms with Crippen LogP contribution in [0.25, 0.3) is 0 Å². The SMILES string of the molecule is CC(CCN)CCc1nc(C2CCC(C)C2)no1. The van der Waals surface area contributed by atoms with Gasteiger partial charge in [0, 0.05) is 12.3 Å². The maximum atomic E-state index is 5.55. The lowest BCUT2D eigenvalue weighted by Crippen LogP contribution is -2.06. The Hall–Kier alpha value is -0.900. The molecule has 1 aromatic heterocycles. The lowest BCUT2D eigenvalue weighted by atomic mass is 10.0. The molecule has 1 fully saturated rings. The molecule has 0 saturated heterocycles. The second kappa shape index (κ2) is 6.32. The predicted octanol–water partition coefficient (Wildman–Crippen LogP) is 2.89. The van der Waals surface area contributed by atoms with Crippen LogP contribution in [0.2, 0.25) is 0 Å². The molecule has 2 N–H and O–H groups in total. The molecule has 1 aliphatic carbocycles. The zero-order chi connectivity index (χ0) is 13.0. The van der Waals surface area contributed by atoms with Crippen LogP contribution >= 0.6 is 0 Å². The third kappa shape index (κ3) is 3.55. The van der Waals surface area contributed by atoms with Crippen molar-refractivity contribution in [3.05, 3.63) is 11.7 Å². The zero-order valence-electron chi connectivity index (χ0n) is 11.6. The van der Waals surface area contributed by atoms with E-state index in [1.165, 1.54) is 19.3 Å². The molecule has 102 valence electrons. The topological polar surface area (TPSA) is 64.9 Å². The molecule has 0 bridgehead atoms. The van der Waals surface area contributed by atoms with Gasteiger partial charge < -0.3 is 10.3 Å². The predicted molar refractivity (Wildman–Crippen MR) is 71.2 cm³/mol. The molecule has 2 rings (SSSR count). The summed E-state index contributed by atoms with van der Waals surface area (Å²) < 4.78 is 5.35. The molecule has 1 heterocycles. The Kier molecular flexibility index (Phi) is 4.75. The van der Waals surface area contributed by atoms with Gasteiger partial charge in [-0.3, -0.25) is 0 Å². The highest BCUT2D eigenvalue weighted by atomic mass is 16.5. The van der Waals surface area contributed by atoms with Crippen molar-refractivity contribution in [1.29, 1.82) is 0 Å². The number of rotatable bonds is 6. The van der Waals surface area contributed by atoms with E-state index in [1.54, 1.807) is 0 Å². The third-order valence-electron chi connectivity index (χ3n) is 4.05.